The van der Waals surface area contributed by atoms with Gasteiger partial charge in [-0.25, -0.2) is 4.98 Å². The lowest BCUT2D eigenvalue weighted by molar-refractivity contribution is -0.147. The van der Waals surface area contributed by atoms with Crippen molar-refractivity contribution in [1.82, 2.24) is 15.3 Å². The fourth-order valence-electron chi connectivity index (χ4n) is 2.82. The predicted molar refractivity (Wildman–Crippen MR) is 118 cm³/mol. The van der Waals surface area contributed by atoms with Crippen molar-refractivity contribution in [3.05, 3.63) is 53.2 Å². The third-order valence-corrected chi connectivity index (χ3v) is 5.30. The Morgan fingerprint density at radius 2 is 1.78 bits per heavy atom. The van der Waals surface area contributed by atoms with Crippen LogP contribution in [0.1, 0.15) is 11.3 Å². The number of benzene rings is 1. The summed E-state index contributed by atoms with van der Waals surface area (Å²) in [6, 6.07) is 8.92. The average molecular weight is 458 g/mol. The van der Waals surface area contributed by atoms with E-state index in [9.17, 15) is 9.59 Å². The van der Waals surface area contributed by atoms with Crippen molar-refractivity contribution in [2.75, 3.05) is 27.9 Å². The lowest BCUT2D eigenvalue weighted by atomic mass is 10.1. The fraction of sp³-hybridized carbons (Fsp3) is 0.273. The molecular weight excluding hydrogens is 434 g/mol. The molecule has 168 valence electrons. The Balaban J connectivity index is 1.49. The van der Waals surface area contributed by atoms with Gasteiger partial charge in [-0.05, 0) is 18.2 Å². The molecule has 0 spiro atoms. The number of esters is 1. The van der Waals surface area contributed by atoms with E-state index >= 15 is 0 Å². The van der Waals surface area contributed by atoms with Crippen molar-refractivity contribution in [2.24, 2.45) is 0 Å². The molecule has 0 aliphatic carbocycles. The molecule has 0 bridgehead atoms. The first-order chi connectivity index (χ1) is 15.5. The van der Waals surface area contributed by atoms with E-state index in [0.29, 0.717) is 28.5 Å². The molecule has 0 aliphatic rings. The van der Waals surface area contributed by atoms with E-state index in [-0.39, 0.29) is 13.0 Å². The number of hydrogen-bond acceptors (Lipinski definition) is 9. The number of amides is 1. The molecule has 32 heavy (non-hydrogen) atoms. The van der Waals surface area contributed by atoms with E-state index in [1.165, 1.54) is 32.7 Å². The van der Waals surface area contributed by atoms with Gasteiger partial charge in [-0.3, -0.25) is 14.6 Å². The Labute approximate surface area is 189 Å². The van der Waals surface area contributed by atoms with E-state index < -0.39 is 18.5 Å². The summed E-state index contributed by atoms with van der Waals surface area (Å²) >= 11 is 1.39. The first kappa shape index (κ1) is 23.0. The molecule has 1 N–H and O–H groups in total. The summed E-state index contributed by atoms with van der Waals surface area (Å²) in [6.07, 6.45) is 1.65. The van der Waals surface area contributed by atoms with Crippen molar-refractivity contribution in [3.8, 4) is 28.0 Å². The van der Waals surface area contributed by atoms with Gasteiger partial charge in [0.05, 0.1) is 39.1 Å². The Kier molecular flexibility index (Phi) is 7.98. The second-order valence-electron chi connectivity index (χ2n) is 6.49. The highest BCUT2D eigenvalue weighted by atomic mass is 32.1. The van der Waals surface area contributed by atoms with E-state index in [1.807, 2.05) is 18.2 Å². The molecule has 1 amide bonds. The number of rotatable bonds is 10. The minimum absolute atomic E-state index is 0.0277. The van der Waals surface area contributed by atoms with Crippen LogP contribution in [0.15, 0.2) is 41.9 Å². The Bertz CT molecular complexity index is 1070. The predicted octanol–water partition coefficient (Wildman–Crippen LogP) is 2.63. The van der Waals surface area contributed by atoms with Gasteiger partial charge in [0.1, 0.15) is 10.8 Å². The molecule has 2 aromatic heterocycles. The molecule has 0 atom stereocenters. The van der Waals surface area contributed by atoms with Gasteiger partial charge in [0.2, 0.25) is 0 Å². The quantitative estimate of drug-likeness (QED) is 0.463. The summed E-state index contributed by atoms with van der Waals surface area (Å²) in [5, 5.41) is 5.18. The standard InChI is InChI=1S/C22H23N3O6S/c1-28-17-10-19(30-3)18(29-2)8-14(17)11-24-20(26)12-31-21(27)9-15-13-32-22(25-15)16-6-4-5-7-23-16/h4-8,10,13H,9,11-12H2,1-3H3,(H,24,26). The van der Waals surface area contributed by atoms with Gasteiger partial charge in [0.15, 0.2) is 18.1 Å². The van der Waals surface area contributed by atoms with Gasteiger partial charge in [-0.15, -0.1) is 11.3 Å². The first-order valence-electron chi connectivity index (χ1n) is 9.61. The van der Waals surface area contributed by atoms with Crippen molar-refractivity contribution in [3.63, 3.8) is 0 Å². The minimum Gasteiger partial charge on any atom is -0.496 e. The zero-order chi connectivity index (χ0) is 22.9. The summed E-state index contributed by atoms with van der Waals surface area (Å²) < 4.78 is 20.9. The molecule has 3 rings (SSSR count). The SMILES string of the molecule is COc1cc(OC)c(OC)cc1CNC(=O)COC(=O)Cc1csc(-c2ccccn2)n1. The van der Waals surface area contributed by atoms with E-state index in [2.05, 4.69) is 15.3 Å². The van der Waals surface area contributed by atoms with Crippen LogP contribution in [0.3, 0.4) is 0 Å². The van der Waals surface area contributed by atoms with Crippen molar-refractivity contribution >= 4 is 23.2 Å². The molecule has 1 aromatic carbocycles. The summed E-state index contributed by atoms with van der Waals surface area (Å²) in [7, 11) is 4.57. The minimum atomic E-state index is -0.540. The van der Waals surface area contributed by atoms with Gasteiger partial charge in [0, 0.05) is 29.8 Å². The molecular formula is C22H23N3O6S. The summed E-state index contributed by atoms with van der Waals surface area (Å²) in [5.74, 6) is 0.579. The molecule has 0 radical (unpaired) electrons. The normalized spacial score (nSPS) is 10.3. The topological polar surface area (TPSA) is 109 Å². The van der Waals surface area contributed by atoms with Gasteiger partial charge in [-0.1, -0.05) is 6.07 Å². The molecule has 0 saturated carbocycles. The fourth-order valence-corrected chi connectivity index (χ4v) is 3.61. The highest BCUT2D eigenvalue weighted by Crippen LogP contribution is 2.34. The summed E-state index contributed by atoms with van der Waals surface area (Å²) in [5.41, 5.74) is 1.99. The van der Waals surface area contributed by atoms with Gasteiger partial charge in [0.25, 0.3) is 5.91 Å². The van der Waals surface area contributed by atoms with Gasteiger partial charge < -0.3 is 24.3 Å². The molecule has 3 aromatic rings. The van der Waals surface area contributed by atoms with Crippen LogP contribution in [0, 0.1) is 0 Å². The largest absolute Gasteiger partial charge is 0.496 e. The number of thiazole rings is 1. The van der Waals surface area contributed by atoms with E-state index in [1.54, 1.807) is 23.7 Å². The number of ether oxygens (including phenoxy) is 4. The monoisotopic (exact) mass is 457 g/mol. The molecule has 2 heterocycles. The smallest absolute Gasteiger partial charge is 0.312 e. The highest BCUT2D eigenvalue weighted by molar-refractivity contribution is 7.13. The first-order valence-corrected chi connectivity index (χ1v) is 10.5. The van der Waals surface area contributed by atoms with Gasteiger partial charge >= 0.3 is 5.97 Å². The van der Waals surface area contributed by atoms with Crippen LogP contribution in [0.5, 0.6) is 17.2 Å². The lowest BCUT2D eigenvalue weighted by Gasteiger charge is -2.14. The second-order valence-corrected chi connectivity index (χ2v) is 7.35. The molecule has 9 nitrogen and oxygen atoms in total. The molecule has 0 fully saturated rings. The van der Waals surface area contributed by atoms with Crippen LogP contribution in [0.4, 0.5) is 0 Å². The maximum Gasteiger partial charge on any atom is 0.312 e. The van der Waals surface area contributed by atoms with Gasteiger partial charge in [-0.2, -0.15) is 0 Å². The zero-order valence-electron chi connectivity index (χ0n) is 17.9. The number of aromatic nitrogens is 2. The number of hydrogen-bond donors (Lipinski definition) is 1. The number of carbonyl (C=O) groups is 2. The third-order valence-electron chi connectivity index (χ3n) is 4.39. The van der Waals surface area contributed by atoms with Crippen LogP contribution in [-0.2, 0) is 27.3 Å². The summed E-state index contributed by atoms with van der Waals surface area (Å²) in [4.78, 5) is 32.8. The van der Waals surface area contributed by atoms with Crippen LogP contribution < -0.4 is 19.5 Å². The highest BCUT2D eigenvalue weighted by Gasteiger charge is 2.15. The maximum atomic E-state index is 12.1. The van der Waals surface area contributed by atoms with Crippen LogP contribution in [0.25, 0.3) is 10.7 Å². The number of nitrogens with one attached hydrogen (secondary N) is 1. The molecule has 0 aliphatic heterocycles. The van der Waals surface area contributed by atoms with E-state index in [0.717, 1.165) is 10.7 Å². The van der Waals surface area contributed by atoms with Crippen molar-refractivity contribution in [1.29, 1.82) is 0 Å². The van der Waals surface area contributed by atoms with E-state index in [4.69, 9.17) is 18.9 Å². The molecule has 0 unspecified atom stereocenters. The third kappa shape index (κ3) is 5.94. The number of carbonyl (C=O) groups excluding carboxylic acids is 2. The lowest BCUT2D eigenvalue weighted by Crippen LogP contribution is -2.28. The Morgan fingerprint density at radius 1 is 1.03 bits per heavy atom. The Hall–Kier alpha value is -3.66. The number of pyridine rings is 1. The van der Waals surface area contributed by atoms with Crippen LogP contribution >= 0.6 is 11.3 Å². The number of nitrogens with zero attached hydrogens (tertiary/aromatic N) is 2. The molecule has 0 saturated heterocycles. The zero-order valence-corrected chi connectivity index (χ0v) is 18.7. The van der Waals surface area contributed by atoms with Crippen LogP contribution in [0.2, 0.25) is 0 Å². The van der Waals surface area contributed by atoms with Crippen molar-refractivity contribution in [2.45, 2.75) is 13.0 Å². The summed E-state index contributed by atoms with van der Waals surface area (Å²) in [6.45, 7) is -0.231. The van der Waals surface area contributed by atoms with Crippen LogP contribution in [-0.4, -0.2) is 49.8 Å². The number of methoxy groups -OCH3 is 3. The van der Waals surface area contributed by atoms with Crippen molar-refractivity contribution < 1.29 is 28.5 Å². The molecule has 10 heteroatoms. The maximum absolute atomic E-state index is 12.1. The second kappa shape index (κ2) is 11.1. The average Bonchev–Trinajstić information content (AvgIpc) is 3.29. The Morgan fingerprint density at radius 3 is 2.47 bits per heavy atom.